The Balaban J connectivity index is 2.01. The maximum Gasteiger partial charge on any atom is 0.137 e. The molecule has 4 heteroatoms. The molecule has 0 bridgehead atoms. The van der Waals surface area contributed by atoms with Gasteiger partial charge in [-0.1, -0.05) is 122 Å². The van der Waals surface area contributed by atoms with Crippen LogP contribution in [0.4, 0.5) is 0 Å². The van der Waals surface area contributed by atoms with Crippen molar-refractivity contribution in [3.05, 3.63) is 29.3 Å². The summed E-state index contributed by atoms with van der Waals surface area (Å²) < 4.78 is 11.7. The second kappa shape index (κ2) is 22.6. The fraction of sp³-hybridized carbons (Fsp3) is 0.781. The lowest BCUT2D eigenvalue weighted by Crippen LogP contribution is -2.17. The Morgan fingerprint density at radius 2 is 1.28 bits per heavy atom. The van der Waals surface area contributed by atoms with E-state index in [0.717, 1.165) is 18.4 Å². The smallest absolute Gasteiger partial charge is 0.137 e. The van der Waals surface area contributed by atoms with Crippen LogP contribution in [-0.2, 0) is 11.3 Å². The first-order valence-electron chi connectivity index (χ1n) is 15.0. The van der Waals surface area contributed by atoms with Crippen molar-refractivity contribution >= 4 is 0 Å². The molecule has 36 heavy (non-hydrogen) atoms. The van der Waals surface area contributed by atoms with E-state index in [-0.39, 0.29) is 18.8 Å². The highest BCUT2D eigenvalue weighted by molar-refractivity contribution is 5.45. The summed E-state index contributed by atoms with van der Waals surface area (Å²) in [6.07, 6.45) is 24.0. The van der Waals surface area contributed by atoms with Crippen LogP contribution in [-0.4, -0.2) is 23.9 Å². The van der Waals surface area contributed by atoms with Gasteiger partial charge in [0, 0.05) is 0 Å². The van der Waals surface area contributed by atoms with Crippen LogP contribution in [0.5, 0.6) is 5.75 Å². The molecule has 0 aliphatic heterocycles. The summed E-state index contributed by atoms with van der Waals surface area (Å²) in [5, 5.41) is 19.0. The molecule has 0 heterocycles. The summed E-state index contributed by atoms with van der Waals surface area (Å²) in [6, 6.07) is 7.73. The minimum absolute atomic E-state index is 0.0122. The van der Waals surface area contributed by atoms with E-state index in [0.29, 0.717) is 17.9 Å². The maximum absolute atomic E-state index is 9.70. The Morgan fingerprint density at radius 3 is 1.72 bits per heavy atom. The van der Waals surface area contributed by atoms with Crippen LogP contribution >= 0.6 is 0 Å². The number of nitrogens with zero attached hydrogens (tertiary/aromatic N) is 1. The number of ether oxygens (including phenoxy) is 2. The molecular formula is C32H55NO3. The molecule has 0 amide bonds. The van der Waals surface area contributed by atoms with E-state index in [1.807, 2.05) is 26.0 Å². The Bertz CT molecular complexity index is 682. The van der Waals surface area contributed by atoms with E-state index in [9.17, 15) is 10.4 Å². The van der Waals surface area contributed by atoms with Crippen LogP contribution in [0.15, 0.2) is 18.2 Å². The maximum atomic E-state index is 9.70. The highest BCUT2D eigenvalue weighted by Crippen LogP contribution is 2.22. The SMILES string of the molecule is CCCCCCCCCCCCCCCCCCCC(CO)OCc1ccc(C#N)c(OC(C)C)c1. The third-order valence-electron chi connectivity index (χ3n) is 6.85. The van der Waals surface area contributed by atoms with E-state index in [2.05, 4.69) is 13.0 Å². The summed E-state index contributed by atoms with van der Waals surface area (Å²) in [5.74, 6) is 0.599. The average Bonchev–Trinajstić information content (AvgIpc) is 2.87. The largest absolute Gasteiger partial charge is 0.490 e. The van der Waals surface area contributed by atoms with Crippen LogP contribution < -0.4 is 4.74 Å². The molecule has 0 fully saturated rings. The van der Waals surface area contributed by atoms with Crippen molar-refractivity contribution in [2.24, 2.45) is 0 Å². The van der Waals surface area contributed by atoms with Gasteiger partial charge in [0.25, 0.3) is 0 Å². The van der Waals surface area contributed by atoms with Crippen LogP contribution in [0, 0.1) is 11.3 Å². The van der Waals surface area contributed by atoms with E-state index in [4.69, 9.17) is 9.47 Å². The zero-order chi connectivity index (χ0) is 26.3. The third kappa shape index (κ3) is 17.0. The van der Waals surface area contributed by atoms with Crippen molar-refractivity contribution in [1.29, 1.82) is 5.26 Å². The molecular weight excluding hydrogens is 446 g/mol. The lowest BCUT2D eigenvalue weighted by Gasteiger charge is -2.17. The van der Waals surface area contributed by atoms with Crippen LogP contribution in [0.1, 0.15) is 147 Å². The van der Waals surface area contributed by atoms with Gasteiger partial charge in [0.05, 0.1) is 31.0 Å². The van der Waals surface area contributed by atoms with Crippen molar-refractivity contribution in [3.63, 3.8) is 0 Å². The second-order valence-corrected chi connectivity index (χ2v) is 10.7. The minimum atomic E-state index is -0.133. The number of hydrogen-bond donors (Lipinski definition) is 1. The Morgan fingerprint density at radius 1 is 0.778 bits per heavy atom. The first-order valence-corrected chi connectivity index (χ1v) is 15.0. The summed E-state index contributed by atoms with van der Waals surface area (Å²) >= 11 is 0. The lowest BCUT2D eigenvalue weighted by atomic mass is 10.0. The highest BCUT2D eigenvalue weighted by Gasteiger charge is 2.11. The standard InChI is InChI=1S/C32H55NO3/c1-4-5-6-7-8-9-10-11-12-13-14-15-16-17-18-19-20-21-31(26-34)35-27-29-22-23-30(25-33)32(24-29)36-28(2)3/h22-24,28,31,34H,4-21,26-27H2,1-3H3. The van der Waals surface area contributed by atoms with Gasteiger partial charge in [-0.15, -0.1) is 0 Å². The van der Waals surface area contributed by atoms with Crippen molar-refractivity contribution in [1.82, 2.24) is 0 Å². The molecule has 0 aliphatic carbocycles. The van der Waals surface area contributed by atoms with Gasteiger partial charge in [-0.2, -0.15) is 5.26 Å². The molecule has 0 saturated carbocycles. The molecule has 1 atom stereocenters. The monoisotopic (exact) mass is 501 g/mol. The van der Waals surface area contributed by atoms with Crippen molar-refractivity contribution < 1.29 is 14.6 Å². The number of unbranched alkanes of at least 4 members (excludes halogenated alkanes) is 16. The van der Waals surface area contributed by atoms with Gasteiger partial charge >= 0.3 is 0 Å². The predicted octanol–water partition coefficient (Wildman–Crippen LogP) is 9.26. The van der Waals surface area contributed by atoms with Crippen LogP contribution in [0.2, 0.25) is 0 Å². The normalized spacial score (nSPS) is 12.1. The van der Waals surface area contributed by atoms with Crippen molar-refractivity contribution in [2.75, 3.05) is 6.61 Å². The molecule has 0 radical (unpaired) electrons. The lowest BCUT2D eigenvalue weighted by molar-refractivity contribution is -0.00356. The molecule has 1 unspecified atom stereocenters. The Labute approximate surface area is 222 Å². The fourth-order valence-corrected chi connectivity index (χ4v) is 4.64. The zero-order valence-electron chi connectivity index (χ0n) is 23.7. The molecule has 1 aromatic rings. The number of aliphatic hydroxyl groups excluding tert-OH is 1. The Kier molecular flexibility index (Phi) is 20.4. The van der Waals surface area contributed by atoms with Gasteiger partial charge in [0.15, 0.2) is 0 Å². The van der Waals surface area contributed by atoms with Crippen molar-refractivity contribution in [2.45, 2.75) is 155 Å². The van der Waals surface area contributed by atoms with E-state index in [1.54, 1.807) is 6.07 Å². The summed E-state index contributed by atoms with van der Waals surface area (Å²) in [5.41, 5.74) is 1.50. The molecule has 4 nitrogen and oxygen atoms in total. The molecule has 1 aromatic carbocycles. The van der Waals surface area contributed by atoms with E-state index in [1.165, 1.54) is 103 Å². The number of rotatable bonds is 24. The molecule has 1 N–H and O–H groups in total. The van der Waals surface area contributed by atoms with Gasteiger partial charge in [0.1, 0.15) is 11.8 Å². The molecule has 0 aliphatic rings. The fourth-order valence-electron chi connectivity index (χ4n) is 4.64. The van der Waals surface area contributed by atoms with E-state index >= 15 is 0 Å². The topological polar surface area (TPSA) is 62.5 Å². The second-order valence-electron chi connectivity index (χ2n) is 10.7. The Hall–Kier alpha value is -1.57. The van der Waals surface area contributed by atoms with Crippen molar-refractivity contribution in [3.8, 4) is 11.8 Å². The third-order valence-corrected chi connectivity index (χ3v) is 6.85. The van der Waals surface area contributed by atoms with Crippen LogP contribution in [0.25, 0.3) is 0 Å². The number of hydrogen-bond acceptors (Lipinski definition) is 4. The zero-order valence-corrected chi connectivity index (χ0v) is 23.7. The highest BCUT2D eigenvalue weighted by atomic mass is 16.5. The van der Waals surface area contributed by atoms with Gasteiger partial charge < -0.3 is 14.6 Å². The molecule has 206 valence electrons. The summed E-state index contributed by atoms with van der Waals surface area (Å²) in [4.78, 5) is 0. The van der Waals surface area contributed by atoms with Gasteiger partial charge in [-0.3, -0.25) is 0 Å². The van der Waals surface area contributed by atoms with E-state index < -0.39 is 0 Å². The van der Waals surface area contributed by atoms with Gasteiger partial charge in [-0.05, 0) is 38.0 Å². The molecule has 1 rings (SSSR count). The molecule has 0 aromatic heterocycles. The average molecular weight is 502 g/mol. The van der Waals surface area contributed by atoms with Gasteiger partial charge in [0.2, 0.25) is 0 Å². The number of aliphatic hydroxyl groups is 1. The van der Waals surface area contributed by atoms with Crippen LogP contribution in [0.3, 0.4) is 0 Å². The minimum Gasteiger partial charge on any atom is -0.490 e. The summed E-state index contributed by atoms with van der Waals surface area (Å²) in [6.45, 7) is 6.65. The first-order chi connectivity index (χ1) is 17.6. The first kappa shape index (κ1) is 32.5. The summed E-state index contributed by atoms with van der Waals surface area (Å²) in [7, 11) is 0. The quantitative estimate of drug-likeness (QED) is 0.143. The predicted molar refractivity (Wildman–Crippen MR) is 151 cm³/mol. The number of benzene rings is 1. The van der Waals surface area contributed by atoms with Gasteiger partial charge in [-0.25, -0.2) is 0 Å². The number of nitriles is 1. The molecule has 0 spiro atoms. The molecule has 0 saturated heterocycles.